The van der Waals surface area contributed by atoms with Gasteiger partial charge in [0, 0.05) is 59.4 Å². The first kappa shape index (κ1) is 32.7. The van der Waals surface area contributed by atoms with E-state index in [4.69, 9.17) is 0 Å². The van der Waals surface area contributed by atoms with Gasteiger partial charge in [-0.3, -0.25) is 0 Å². The summed E-state index contributed by atoms with van der Waals surface area (Å²) in [6.07, 6.45) is 5.98. The normalized spacial score (nSPS) is 17.5. The van der Waals surface area contributed by atoms with Crippen LogP contribution in [0.15, 0.2) is 52.3 Å². The van der Waals surface area contributed by atoms with E-state index < -0.39 is 20.0 Å². The maximum Gasteiger partial charge on any atom is 0.245 e. The summed E-state index contributed by atoms with van der Waals surface area (Å²) < 4.78 is 60.2. The molecule has 2 fully saturated rings. The van der Waals surface area contributed by atoms with E-state index in [0.717, 1.165) is 57.1 Å². The minimum Gasteiger partial charge on any atom is -0.373 e. The monoisotopic (exact) mass is 619 g/mol. The summed E-state index contributed by atoms with van der Waals surface area (Å²) in [5, 5.41) is 0. The molecule has 2 heterocycles. The van der Waals surface area contributed by atoms with Crippen molar-refractivity contribution in [3.05, 3.63) is 48.0 Å². The van der Waals surface area contributed by atoms with E-state index in [-0.39, 0.29) is 9.79 Å². The fourth-order valence-corrected chi connectivity index (χ4v) is 9.39. The van der Waals surface area contributed by atoms with Gasteiger partial charge < -0.3 is 14.7 Å². The van der Waals surface area contributed by atoms with Crippen LogP contribution in [0.3, 0.4) is 0 Å². The van der Waals surface area contributed by atoms with Gasteiger partial charge in [0.2, 0.25) is 20.0 Å². The summed E-state index contributed by atoms with van der Waals surface area (Å²) >= 11 is 0. The summed E-state index contributed by atoms with van der Waals surface area (Å²) in [5.41, 5.74) is 2.28. The van der Waals surface area contributed by atoms with Crippen molar-refractivity contribution in [1.29, 1.82) is 0 Å². The van der Waals surface area contributed by atoms with Crippen LogP contribution in [0.2, 0.25) is 0 Å². The van der Waals surface area contributed by atoms with Crippen molar-refractivity contribution in [2.24, 2.45) is 0 Å². The molecule has 0 atom stereocenters. The highest BCUT2D eigenvalue weighted by molar-refractivity contribution is 7.90. The average molecular weight is 620 g/mol. The third-order valence-corrected chi connectivity index (χ3v) is 12.3. The Morgan fingerprint density at radius 1 is 0.667 bits per heavy atom. The number of hydrogen-bond donors (Lipinski definition) is 0. The van der Waals surface area contributed by atoms with Crippen LogP contribution in [0.1, 0.15) is 51.0 Å². The molecule has 11 heteroatoms. The zero-order valence-electron chi connectivity index (χ0n) is 25.8. The fourth-order valence-electron chi connectivity index (χ4n) is 5.82. The van der Waals surface area contributed by atoms with Crippen molar-refractivity contribution < 1.29 is 16.8 Å². The van der Waals surface area contributed by atoms with Crippen molar-refractivity contribution in [1.82, 2.24) is 13.5 Å². The smallest absolute Gasteiger partial charge is 0.245 e. The third-order valence-electron chi connectivity index (χ3n) is 8.44. The molecule has 2 aliphatic rings. The van der Waals surface area contributed by atoms with Gasteiger partial charge >= 0.3 is 0 Å². The lowest BCUT2D eigenvalue weighted by Crippen LogP contribution is -2.39. The maximum absolute atomic E-state index is 14.3. The zero-order chi connectivity index (χ0) is 30.3. The van der Waals surface area contributed by atoms with Crippen LogP contribution in [0, 0.1) is 0 Å². The second kappa shape index (κ2) is 14.5. The molecule has 0 N–H and O–H groups in total. The van der Waals surface area contributed by atoms with Gasteiger partial charge in [0.05, 0.1) is 11.4 Å². The molecule has 0 aromatic heterocycles. The molecule has 0 bridgehead atoms. The van der Waals surface area contributed by atoms with Crippen LogP contribution in [-0.2, 0) is 26.5 Å². The number of sulfonamides is 2. The van der Waals surface area contributed by atoms with Crippen LogP contribution >= 0.6 is 0 Å². The number of nitrogens with zero attached hydrogens (tertiary/aromatic N) is 5. The van der Waals surface area contributed by atoms with Gasteiger partial charge in [0.25, 0.3) is 0 Å². The summed E-state index contributed by atoms with van der Waals surface area (Å²) in [7, 11) is -1.95. The lowest BCUT2D eigenvalue weighted by molar-refractivity contribution is 0.345. The Balaban J connectivity index is 1.88. The predicted octanol–water partition coefficient (Wildman–Crippen LogP) is 4.10. The number of anilines is 2. The molecule has 0 unspecified atom stereocenters. The van der Waals surface area contributed by atoms with Gasteiger partial charge in [0.1, 0.15) is 9.79 Å². The fraction of sp³-hybridized carbons (Fsp3) is 0.613. The molecule has 42 heavy (non-hydrogen) atoms. The van der Waals surface area contributed by atoms with Crippen LogP contribution < -0.4 is 9.80 Å². The first-order valence-electron chi connectivity index (χ1n) is 15.4. The molecule has 0 spiro atoms. The highest BCUT2D eigenvalue weighted by atomic mass is 32.2. The summed E-state index contributed by atoms with van der Waals surface area (Å²) in [6.45, 7) is 6.39. The molecule has 0 amide bonds. The second-order valence-electron chi connectivity index (χ2n) is 11.8. The van der Waals surface area contributed by atoms with E-state index in [9.17, 15) is 16.8 Å². The molecule has 2 aromatic carbocycles. The van der Waals surface area contributed by atoms with E-state index >= 15 is 0 Å². The first-order valence-corrected chi connectivity index (χ1v) is 18.3. The van der Waals surface area contributed by atoms with E-state index in [1.165, 1.54) is 6.07 Å². The quantitative estimate of drug-likeness (QED) is 0.334. The molecular weight excluding hydrogens is 571 g/mol. The predicted molar refractivity (Wildman–Crippen MR) is 172 cm³/mol. The lowest BCUT2D eigenvalue weighted by atomic mass is 10.1. The molecule has 2 aromatic rings. The molecule has 2 saturated heterocycles. The molecular formula is C31H49N5O4S2. The van der Waals surface area contributed by atoms with Crippen molar-refractivity contribution >= 4 is 31.4 Å². The largest absolute Gasteiger partial charge is 0.373 e. The Bertz CT molecular complexity index is 1370. The van der Waals surface area contributed by atoms with E-state index in [2.05, 4.69) is 21.9 Å². The third kappa shape index (κ3) is 7.66. The molecule has 0 saturated carbocycles. The van der Waals surface area contributed by atoms with E-state index in [1.807, 2.05) is 57.2 Å². The Kier molecular flexibility index (Phi) is 11.3. The Hall–Kier alpha value is -2.18. The minimum absolute atomic E-state index is 0.0861. The maximum atomic E-state index is 14.3. The van der Waals surface area contributed by atoms with Gasteiger partial charge in [-0.05, 0) is 70.8 Å². The standard InChI is InChI=1S/C31H49N5O4S2/c1-5-34(24-23-32(2)3)29-25-28(33(4)22-17-27-15-9-6-10-16-27)30(41(37,38)35-18-11-7-12-19-35)26-31(29)42(39,40)36-20-13-8-14-21-36/h6,9-10,15-16,25-26H,5,7-8,11-14,17-24H2,1-4H3. The van der Waals surface area contributed by atoms with Crippen molar-refractivity contribution in [2.75, 3.05) is 83.3 Å². The SMILES string of the molecule is CCN(CCN(C)C)c1cc(N(C)CCc2ccccc2)c(S(=O)(=O)N2CCCCC2)cc1S(=O)(=O)N1CCCCC1. The first-order chi connectivity index (χ1) is 20.1. The highest BCUT2D eigenvalue weighted by Crippen LogP contribution is 2.39. The summed E-state index contributed by atoms with van der Waals surface area (Å²) in [5.74, 6) is 0. The van der Waals surface area contributed by atoms with Crippen LogP contribution in [0.25, 0.3) is 0 Å². The molecule has 0 aliphatic carbocycles. The Morgan fingerprint density at radius 2 is 1.19 bits per heavy atom. The molecule has 9 nitrogen and oxygen atoms in total. The summed E-state index contributed by atoms with van der Waals surface area (Å²) in [6, 6.07) is 13.4. The highest BCUT2D eigenvalue weighted by Gasteiger charge is 2.36. The van der Waals surface area contributed by atoms with E-state index in [1.54, 1.807) is 8.61 Å². The van der Waals surface area contributed by atoms with Gasteiger partial charge in [-0.25, -0.2) is 16.8 Å². The van der Waals surface area contributed by atoms with Gasteiger partial charge in [0.15, 0.2) is 0 Å². The topological polar surface area (TPSA) is 84.5 Å². The Morgan fingerprint density at radius 3 is 1.69 bits per heavy atom. The van der Waals surface area contributed by atoms with Crippen LogP contribution in [-0.4, -0.2) is 104 Å². The Labute approximate surface area is 254 Å². The lowest BCUT2D eigenvalue weighted by Gasteiger charge is -2.34. The number of rotatable bonds is 13. The van der Waals surface area contributed by atoms with Crippen molar-refractivity contribution in [3.8, 4) is 0 Å². The van der Waals surface area contributed by atoms with Gasteiger partial charge in [-0.2, -0.15) is 8.61 Å². The van der Waals surface area contributed by atoms with Crippen LogP contribution in [0.5, 0.6) is 0 Å². The van der Waals surface area contributed by atoms with E-state index in [0.29, 0.717) is 57.2 Å². The van der Waals surface area contributed by atoms with Crippen LogP contribution in [0.4, 0.5) is 11.4 Å². The molecule has 0 radical (unpaired) electrons. The number of benzene rings is 2. The summed E-state index contributed by atoms with van der Waals surface area (Å²) in [4.78, 5) is 6.31. The average Bonchev–Trinajstić information content (AvgIpc) is 3.01. The molecule has 2 aliphatic heterocycles. The minimum atomic E-state index is -3.93. The van der Waals surface area contributed by atoms with Gasteiger partial charge in [-0.1, -0.05) is 43.2 Å². The molecule has 4 rings (SSSR count). The molecule has 234 valence electrons. The van der Waals surface area contributed by atoms with Crippen molar-refractivity contribution in [3.63, 3.8) is 0 Å². The number of hydrogen-bond acceptors (Lipinski definition) is 7. The second-order valence-corrected chi connectivity index (χ2v) is 15.6. The van der Waals surface area contributed by atoms with Gasteiger partial charge in [-0.15, -0.1) is 0 Å². The van der Waals surface area contributed by atoms with Crippen molar-refractivity contribution in [2.45, 2.75) is 61.7 Å². The number of piperidine rings is 2. The zero-order valence-corrected chi connectivity index (χ0v) is 27.5. The number of likely N-dealkylation sites (N-methyl/N-ethyl adjacent to an activating group) is 3.